The molecule has 0 N–H and O–H groups in total. The summed E-state index contributed by atoms with van der Waals surface area (Å²) in [5.41, 5.74) is 1.71. The lowest BCUT2D eigenvalue weighted by molar-refractivity contribution is 0.122. The molecule has 140 valence electrons. The third-order valence-electron chi connectivity index (χ3n) is 4.48. The highest BCUT2D eigenvalue weighted by Crippen LogP contribution is 2.28. The van der Waals surface area contributed by atoms with Gasteiger partial charge in [0.1, 0.15) is 17.3 Å². The third kappa shape index (κ3) is 3.70. The van der Waals surface area contributed by atoms with Crippen molar-refractivity contribution in [2.24, 2.45) is 0 Å². The third-order valence-corrected chi connectivity index (χ3v) is 4.48. The van der Waals surface area contributed by atoms with Gasteiger partial charge in [-0.1, -0.05) is 5.16 Å². The molecule has 3 heterocycles. The zero-order chi connectivity index (χ0) is 18.6. The molecule has 0 unspecified atom stereocenters. The molecule has 1 aliphatic heterocycles. The van der Waals surface area contributed by atoms with E-state index in [2.05, 4.69) is 20.0 Å². The Kier molecular flexibility index (Phi) is 4.88. The molecular formula is C19H21N5O3. The SMILES string of the molecule is COc1ccc(-c2cc(N(C)c3ccnc(N4CCOCC4)n3)on2)cc1. The minimum absolute atomic E-state index is 0.604. The van der Waals surface area contributed by atoms with E-state index in [9.17, 15) is 0 Å². The Labute approximate surface area is 157 Å². The number of hydrogen-bond donors (Lipinski definition) is 0. The Morgan fingerprint density at radius 1 is 1.11 bits per heavy atom. The van der Waals surface area contributed by atoms with E-state index in [1.165, 1.54) is 0 Å². The average Bonchev–Trinajstić information content (AvgIpc) is 3.24. The molecule has 1 aliphatic rings. The lowest BCUT2D eigenvalue weighted by Gasteiger charge is -2.27. The summed E-state index contributed by atoms with van der Waals surface area (Å²) in [4.78, 5) is 13.0. The zero-order valence-corrected chi connectivity index (χ0v) is 15.3. The highest BCUT2D eigenvalue weighted by atomic mass is 16.5. The molecule has 0 spiro atoms. The van der Waals surface area contributed by atoms with E-state index in [0.717, 1.165) is 35.9 Å². The minimum Gasteiger partial charge on any atom is -0.497 e. The Morgan fingerprint density at radius 2 is 1.89 bits per heavy atom. The van der Waals surface area contributed by atoms with Crippen LogP contribution in [0.1, 0.15) is 0 Å². The van der Waals surface area contributed by atoms with Gasteiger partial charge in [0.25, 0.3) is 0 Å². The predicted molar refractivity (Wildman–Crippen MR) is 102 cm³/mol. The molecule has 0 amide bonds. The second-order valence-corrected chi connectivity index (χ2v) is 6.15. The molecule has 0 radical (unpaired) electrons. The summed E-state index contributed by atoms with van der Waals surface area (Å²) in [6.45, 7) is 2.96. The number of ether oxygens (including phenoxy) is 2. The van der Waals surface area contributed by atoms with Gasteiger partial charge in [0.2, 0.25) is 11.8 Å². The monoisotopic (exact) mass is 367 g/mol. The van der Waals surface area contributed by atoms with Crippen molar-refractivity contribution in [2.45, 2.75) is 0 Å². The summed E-state index contributed by atoms with van der Waals surface area (Å²) >= 11 is 0. The van der Waals surface area contributed by atoms with E-state index >= 15 is 0 Å². The van der Waals surface area contributed by atoms with Crippen LogP contribution in [0, 0.1) is 0 Å². The van der Waals surface area contributed by atoms with Gasteiger partial charge < -0.3 is 18.9 Å². The van der Waals surface area contributed by atoms with Gasteiger partial charge in [0, 0.05) is 38.0 Å². The van der Waals surface area contributed by atoms with E-state index in [1.54, 1.807) is 13.3 Å². The fourth-order valence-electron chi connectivity index (χ4n) is 2.88. The smallest absolute Gasteiger partial charge is 0.233 e. The fourth-order valence-corrected chi connectivity index (χ4v) is 2.88. The quantitative estimate of drug-likeness (QED) is 0.681. The van der Waals surface area contributed by atoms with Crippen LogP contribution in [0.3, 0.4) is 0 Å². The molecule has 2 aromatic heterocycles. The molecule has 0 aliphatic carbocycles. The lowest BCUT2D eigenvalue weighted by Crippen LogP contribution is -2.37. The first-order valence-corrected chi connectivity index (χ1v) is 8.75. The van der Waals surface area contributed by atoms with Gasteiger partial charge in [-0.3, -0.25) is 4.90 Å². The normalized spacial score (nSPS) is 14.2. The van der Waals surface area contributed by atoms with Crippen LogP contribution in [0.15, 0.2) is 47.1 Å². The van der Waals surface area contributed by atoms with Gasteiger partial charge in [-0.15, -0.1) is 0 Å². The summed E-state index contributed by atoms with van der Waals surface area (Å²) in [6.07, 6.45) is 1.75. The van der Waals surface area contributed by atoms with E-state index in [0.29, 0.717) is 25.0 Å². The van der Waals surface area contributed by atoms with Gasteiger partial charge in [-0.25, -0.2) is 4.98 Å². The first-order chi connectivity index (χ1) is 13.2. The highest BCUT2D eigenvalue weighted by molar-refractivity contribution is 5.65. The first kappa shape index (κ1) is 17.3. The molecule has 3 aromatic rings. The number of aromatic nitrogens is 3. The van der Waals surface area contributed by atoms with Crippen molar-refractivity contribution in [3.8, 4) is 17.0 Å². The molecular weight excluding hydrogens is 346 g/mol. The number of methoxy groups -OCH3 is 1. The first-order valence-electron chi connectivity index (χ1n) is 8.75. The van der Waals surface area contributed by atoms with Crippen molar-refractivity contribution in [3.05, 3.63) is 42.6 Å². The number of anilines is 3. The molecule has 1 saturated heterocycles. The van der Waals surface area contributed by atoms with E-state index in [1.807, 2.05) is 48.3 Å². The number of benzene rings is 1. The Bertz CT molecular complexity index is 890. The van der Waals surface area contributed by atoms with Crippen LogP contribution in [-0.2, 0) is 4.74 Å². The van der Waals surface area contributed by atoms with Crippen molar-refractivity contribution in [1.29, 1.82) is 0 Å². The van der Waals surface area contributed by atoms with Gasteiger partial charge in [0.15, 0.2) is 0 Å². The minimum atomic E-state index is 0.604. The maximum atomic E-state index is 5.53. The van der Waals surface area contributed by atoms with Gasteiger partial charge in [-0.05, 0) is 30.3 Å². The van der Waals surface area contributed by atoms with Gasteiger partial charge in [0.05, 0.1) is 20.3 Å². The summed E-state index contributed by atoms with van der Waals surface area (Å²) in [5, 5.41) is 4.17. The Balaban J connectivity index is 1.54. The maximum Gasteiger partial charge on any atom is 0.233 e. The number of morpholine rings is 1. The van der Waals surface area contributed by atoms with Crippen LogP contribution >= 0.6 is 0 Å². The molecule has 0 atom stereocenters. The maximum absolute atomic E-state index is 5.53. The fraction of sp³-hybridized carbons (Fsp3) is 0.316. The average molecular weight is 367 g/mol. The Hall–Kier alpha value is -3.13. The summed E-state index contributed by atoms with van der Waals surface area (Å²) in [7, 11) is 3.54. The molecule has 8 heteroatoms. The molecule has 4 rings (SSSR count). The number of hydrogen-bond acceptors (Lipinski definition) is 8. The highest BCUT2D eigenvalue weighted by Gasteiger charge is 2.17. The van der Waals surface area contributed by atoms with Crippen LogP contribution in [0.2, 0.25) is 0 Å². The van der Waals surface area contributed by atoms with Crippen LogP contribution in [0.25, 0.3) is 11.3 Å². The second-order valence-electron chi connectivity index (χ2n) is 6.15. The van der Waals surface area contributed by atoms with Gasteiger partial charge >= 0.3 is 0 Å². The van der Waals surface area contributed by atoms with Crippen LogP contribution < -0.4 is 14.5 Å². The molecule has 8 nitrogen and oxygen atoms in total. The molecule has 0 saturated carbocycles. The lowest BCUT2D eigenvalue weighted by atomic mass is 10.1. The largest absolute Gasteiger partial charge is 0.497 e. The number of nitrogens with zero attached hydrogens (tertiary/aromatic N) is 5. The second kappa shape index (κ2) is 7.63. The molecule has 0 bridgehead atoms. The van der Waals surface area contributed by atoms with Crippen LogP contribution in [0.4, 0.5) is 17.7 Å². The number of rotatable bonds is 5. The van der Waals surface area contributed by atoms with E-state index in [-0.39, 0.29) is 0 Å². The predicted octanol–water partition coefficient (Wildman–Crippen LogP) is 2.74. The van der Waals surface area contributed by atoms with E-state index in [4.69, 9.17) is 14.0 Å². The van der Waals surface area contributed by atoms with Crippen molar-refractivity contribution in [2.75, 3.05) is 50.3 Å². The van der Waals surface area contributed by atoms with Crippen molar-refractivity contribution < 1.29 is 14.0 Å². The molecule has 1 fully saturated rings. The van der Waals surface area contributed by atoms with Gasteiger partial charge in [-0.2, -0.15) is 4.98 Å². The topological polar surface area (TPSA) is 76.8 Å². The summed E-state index contributed by atoms with van der Waals surface area (Å²) in [6, 6.07) is 11.4. The van der Waals surface area contributed by atoms with Crippen LogP contribution in [-0.4, -0.2) is 55.6 Å². The van der Waals surface area contributed by atoms with Crippen molar-refractivity contribution in [3.63, 3.8) is 0 Å². The van der Waals surface area contributed by atoms with Crippen LogP contribution in [0.5, 0.6) is 5.75 Å². The summed E-state index contributed by atoms with van der Waals surface area (Å²) < 4.78 is 16.1. The molecule has 1 aromatic carbocycles. The Morgan fingerprint density at radius 3 is 2.63 bits per heavy atom. The van der Waals surface area contributed by atoms with Crippen molar-refractivity contribution >= 4 is 17.7 Å². The summed E-state index contributed by atoms with van der Waals surface area (Å²) in [5.74, 6) is 2.84. The van der Waals surface area contributed by atoms with E-state index < -0.39 is 0 Å². The van der Waals surface area contributed by atoms with Crippen molar-refractivity contribution in [1.82, 2.24) is 15.1 Å². The molecule has 27 heavy (non-hydrogen) atoms. The zero-order valence-electron chi connectivity index (χ0n) is 15.3. The standard InChI is InChI=1S/C19H21N5O3/c1-23(17-7-8-20-19(21-17)24-9-11-26-12-10-24)18-13-16(22-27-18)14-3-5-15(25-2)6-4-14/h3-8,13H,9-12H2,1-2H3.